The summed E-state index contributed by atoms with van der Waals surface area (Å²) in [6.45, 7) is 0. The Morgan fingerprint density at radius 1 is 1.04 bits per heavy atom. The number of para-hydroxylation sites is 1. The van der Waals surface area contributed by atoms with Crippen LogP contribution in [0.15, 0.2) is 66.5 Å². The van der Waals surface area contributed by atoms with Crippen molar-refractivity contribution in [1.82, 2.24) is 10.4 Å². The average molecular weight is 301 g/mol. The van der Waals surface area contributed by atoms with Gasteiger partial charge in [0.25, 0.3) is 0 Å². The molecule has 3 aromatic rings. The maximum absolute atomic E-state index is 8.97. The number of nitrogens with one attached hydrogen (secondary N) is 1. The number of pyridine rings is 1. The monoisotopic (exact) mass is 301 g/mol. The van der Waals surface area contributed by atoms with E-state index in [0.717, 1.165) is 27.6 Å². The van der Waals surface area contributed by atoms with Crippen molar-refractivity contribution in [3.63, 3.8) is 0 Å². The minimum Gasteiger partial charge on any atom is -0.396 e. The molecule has 1 heterocycles. The fourth-order valence-electron chi connectivity index (χ4n) is 2.48. The molecule has 0 spiro atoms. The van der Waals surface area contributed by atoms with Gasteiger partial charge in [-0.25, -0.2) is 5.84 Å². The maximum Gasteiger partial charge on any atom is 0.151 e. The largest absolute Gasteiger partial charge is 0.396 e. The summed E-state index contributed by atoms with van der Waals surface area (Å²) in [5.41, 5.74) is 12.5. The van der Waals surface area contributed by atoms with Crippen LogP contribution in [0.1, 0.15) is 5.56 Å². The summed E-state index contributed by atoms with van der Waals surface area (Å²) < 4.78 is 0. The minimum atomic E-state index is 0.143. The quantitative estimate of drug-likeness (QED) is 0.392. The summed E-state index contributed by atoms with van der Waals surface area (Å²) in [5.74, 6) is 5.29. The van der Waals surface area contributed by atoms with Crippen molar-refractivity contribution in [2.24, 2.45) is 11.6 Å². The van der Waals surface area contributed by atoms with Crippen LogP contribution < -0.4 is 17.0 Å². The first kappa shape index (κ1) is 14.6. The molecule has 5 nitrogen and oxygen atoms in total. The first-order chi connectivity index (χ1) is 11.2. The molecule has 5 N–H and O–H groups in total. The maximum atomic E-state index is 8.97. The number of benzene rings is 2. The standard InChI is InChI=1S/C18H15N5/c19-11-16(23-21)17(20)13-8-6-12(7-9-13)15-5-1-3-14-4-2-10-22-18(14)15/h1-10,23H,20-21H2/b17-16-. The predicted octanol–water partition coefficient (Wildman–Crippen LogP) is 2.52. The highest BCUT2D eigenvalue weighted by Crippen LogP contribution is 2.27. The Morgan fingerprint density at radius 2 is 1.78 bits per heavy atom. The molecular formula is C18H15N5. The van der Waals surface area contributed by atoms with Crippen LogP contribution >= 0.6 is 0 Å². The van der Waals surface area contributed by atoms with Gasteiger partial charge in [-0.3, -0.25) is 4.98 Å². The summed E-state index contributed by atoms with van der Waals surface area (Å²) in [5, 5.41) is 10.1. The summed E-state index contributed by atoms with van der Waals surface area (Å²) in [6, 6.07) is 19.6. The van der Waals surface area contributed by atoms with Gasteiger partial charge in [0.1, 0.15) is 6.07 Å². The van der Waals surface area contributed by atoms with Gasteiger partial charge >= 0.3 is 0 Å². The first-order valence-corrected chi connectivity index (χ1v) is 7.05. The van der Waals surface area contributed by atoms with Gasteiger partial charge in [0.2, 0.25) is 0 Å². The van der Waals surface area contributed by atoms with E-state index in [1.807, 2.05) is 60.7 Å². The summed E-state index contributed by atoms with van der Waals surface area (Å²) in [6.07, 6.45) is 1.78. The van der Waals surface area contributed by atoms with E-state index >= 15 is 0 Å². The van der Waals surface area contributed by atoms with Crippen molar-refractivity contribution in [2.75, 3.05) is 0 Å². The Morgan fingerprint density at radius 3 is 2.48 bits per heavy atom. The highest BCUT2D eigenvalue weighted by atomic mass is 15.2. The Hall–Kier alpha value is -3.36. The van der Waals surface area contributed by atoms with E-state index in [2.05, 4.69) is 10.4 Å². The van der Waals surface area contributed by atoms with Crippen molar-refractivity contribution in [3.05, 3.63) is 72.1 Å². The number of nitrogens with zero attached hydrogens (tertiary/aromatic N) is 2. The third kappa shape index (κ3) is 2.71. The van der Waals surface area contributed by atoms with E-state index in [1.165, 1.54) is 0 Å². The molecule has 0 bridgehead atoms. The SMILES string of the molecule is N#C/C(NN)=C(/N)c1ccc(-c2cccc3cccnc23)cc1. The lowest BCUT2D eigenvalue weighted by Gasteiger charge is -2.08. The predicted molar refractivity (Wildman–Crippen MR) is 91.2 cm³/mol. The van der Waals surface area contributed by atoms with E-state index in [4.69, 9.17) is 16.8 Å². The number of nitrogens with two attached hydrogens (primary N) is 2. The molecule has 23 heavy (non-hydrogen) atoms. The number of hydrazine groups is 1. The second-order valence-corrected chi connectivity index (χ2v) is 5.00. The van der Waals surface area contributed by atoms with Gasteiger partial charge in [0, 0.05) is 22.7 Å². The zero-order chi connectivity index (χ0) is 16.2. The van der Waals surface area contributed by atoms with Crippen LogP contribution in [0.4, 0.5) is 0 Å². The molecule has 0 aliphatic carbocycles. The van der Waals surface area contributed by atoms with Crippen LogP contribution in [-0.2, 0) is 0 Å². The minimum absolute atomic E-state index is 0.143. The van der Waals surface area contributed by atoms with Crippen LogP contribution in [0.2, 0.25) is 0 Å². The molecule has 0 saturated carbocycles. The molecule has 0 atom stereocenters. The Labute approximate surface area is 133 Å². The lowest BCUT2D eigenvalue weighted by atomic mass is 10.00. The molecule has 0 aliphatic heterocycles. The van der Waals surface area contributed by atoms with Crippen molar-refractivity contribution in [1.29, 1.82) is 5.26 Å². The molecule has 2 aromatic carbocycles. The molecule has 3 rings (SSSR count). The van der Waals surface area contributed by atoms with Crippen LogP contribution in [-0.4, -0.2) is 4.98 Å². The summed E-state index contributed by atoms with van der Waals surface area (Å²) in [4.78, 5) is 4.47. The van der Waals surface area contributed by atoms with Gasteiger partial charge in [-0.2, -0.15) is 5.26 Å². The number of allylic oxidation sites excluding steroid dienone is 1. The molecule has 1 aromatic heterocycles. The number of fused-ring (bicyclic) bond motifs is 1. The Balaban J connectivity index is 2.06. The van der Waals surface area contributed by atoms with Crippen molar-refractivity contribution in [3.8, 4) is 17.2 Å². The topological polar surface area (TPSA) is 101 Å². The normalized spacial score (nSPS) is 11.7. The molecule has 112 valence electrons. The van der Waals surface area contributed by atoms with Gasteiger partial charge in [0.05, 0.1) is 11.2 Å². The molecular weight excluding hydrogens is 286 g/mol. The van der Waals surface area contributed by atoms with Crippen LogP contribution in [0, 0.1) is 11.3 Å². The van der Waals surface area contributed by atoms with E-state index in [1.54, 1.807) is 6.20 Å². The molecule has 0 amide bonds. The van der Waals surface area contributed by atoms with Crippen LogP contribution in [0.25, 0.3) is 27.7 Å². The molecule has 0 fully saturated rings. The average Bonchev–Trinajstić information content (AvgIpc) is 2.62. The lowest BCUT2D eigenvalue weighted by molar-refractivity contribution is 0.920. The molecule has 0 radical (unpaired) electrons. The number of rotatable bonds is 3. The van der Waals surface area contributed by atoms with Crippen LogP contribution in [0.3, 0.4) is 0 Å². The van der Waals surface area contributed by atoms with Crippen molar-refractivity contribution < 1.29 is 0 Å². The molecule has 0 saturated heterocycles. The lowest BCUT2D eigenvalue weighted by Crippen LogP contribution is -2.23. The fraction of sp³-hybridized carbons (Fsp3) is 0. The summed E-state index contributed by atoms with van der Waals surface area (Å²) >= 11 is 0. The van der Waals surface area contributed by atoms with E-state index in [9.17, 15) is 0 Å². The smallest absolute Gasteiger partial charge is 0.151 e. The second-order valence-electron chi connectivity index (χ2n) is 5.00. The zero-order valence-corrected chi connectivity index (χ0v) is 12.3. The highest BCUT2D eigenvalue weighted by molar-refractivity contribution is 5.93. The number of hydrogen-bond acceptors (Lipinski definition) is 5. The van der Waals surface area contributed by atoms with Gasteiger partial charge < -0.3 is 11.2 Å². The van der Waals surface area contributed by atoms with Crippen molar-refractivity contribution >= 4 is 16.6 Å². The highest BCUT2D eigenvalue weighted by Gasteiger charge is 2.07. The van der Waals surface area contributed by atoms with Gasteiger partial charge in [0.15, 0.2) is 5.70 Å². The summed E-state index contributed by atoms with van der Waals surface area (Å²) in [7, 11) is 0. The fourth-order valence-corrected chi connectivity index (χ4v) is 2.48. The van der Waals surface area contributed by atoms with E-state index in [-0.39, 0.29) is 5.70 Å². The molecule has 0 aliphatic rings. The van der Waals surface area contributed by atoms with Gasteiger partial charge in [-0.1, -0.05) is 48.5 Å². The number of nitriles is 1. The Kier molecular flexibility index (Phi) is 3.91. The van der Waals surface area contributed by atoms with Crippen LogP contribution in [0.5, 0.6) is 0 Å². The van der Waals surface area contributed by atoms with Gasteiger partial charge in [-0.15, -0.1) is 0 Å². The number of aromatic nitrogens is 1. The number of hydrogen-bond donors (Lipinski definition) is 3. The van der Waals surface area contributed by atoms with Gasteiger partial charge in [-0.05, 0) is 11.6 Å². The zero-order valence-electron chi connectivity index (χ0n) is 12.3. The first-order valence-electron chi connectivity index (χ1n) is 7.05. The van der Waals surface area contributed by atoms with E-state index < -0.39 is 0 Å². The second kappa shape index (κ2) is 6.18. The Bertz CT molecular complexity index is 915. The third-order valence-corrected chi connectivity index (χ3v) is 3.67. The third-order valence-electron chi connectivity index (χ3n) is 3.67. The molecule has 0 unspecified atom stereocenters. The van der Waals surface area contributed by atoms with E-state index in [0.29, 0.717) is 5.70 Å². The molecule has 5 heteroatoms. The van der Waals surface area contributed by atoms with Crippen molar-refractivity contribution in [2.45, 2.75) is 0 Å².